The maximum atomic E-state index is 13.1. The van der Waals surface area contributed by atoms with Gasteiger partial charge in [-0.3, -0.25) is 4.79 Å². The minimum Gasteiger partial charge on any atom is -0.450 e. The Labute approximate surface area is 177 Å². The van der Waals surface area contributed by atoms with Crippen molar-refractivity contribution in [2.45, 2.75) is 26.5 Å². The van der Waals surface area contributed by atoms with Crippen LogP contribution in [0.3, 0.4) is 0 Å². The smallest absolute Gasteiger partial charge is 0.289 e. The summed E-state index contributed by atoms with van der Waals surface area (Å²) >= 11 is 0. The second kappa shape index (κ2) is 7.89. The van der Waals surface area contributed by atoms with Gasteiger partial charge in [-0.25, -0.2) is 8.42 Å². The van der Waals surface area contributed by atoms with Crippen molar-refractivity contribution in [3.05, 3.63) is 70.5 Å². The normalized spacial score (nSPS) is 15.6. The molecule has 0 saturated carbocycles. The van der Waals surface area contributed by atoms with Crippen LogP contribution < -0.4 is 0 Å². The lowest BCUT2D eigenvalue weighted by atomic mass is 10.0. The third-order valence-electron chi connectivity index (χ3n) is 5.79. The van der Waals surface area contributed by atoms with Gasteiger partial charge in [0.1, 0.15) is 5.58 Å². The number of benzene rings is 2. The summed E-state index contributed by atoms with van der Waals surface area (Å²) in [4.78, 5) is 14.8. The predicted octanol–water partition coefficient (Wildman–Crippen LogP) is 3.65. The van der Waals surface area contributed by atoms with Crippen LogP contribution in [0.2, 0.25) is 0 Å². The van der Waals surface area contributed by atoms with Gasteiger partial charge in [0.2, 0.25) is 10.0 Å². The van der Waals surface area contributed by atoms with Gasteiger partial charge in [0.25, 0.3) is 5.91 Å². The Kier molecular flexibility index (Phi) is 5.42. The van der Waals surface area contributed by atoms with Crippen molar-refractivity contribution in [3.8, 4) is 0 Å². The van der Waals surface area contributed by atoms with E-state index in [1.54, 1.807) is 4.90 Å². The Hall–Kier alpha value is -2.64. The summed E-state index contributed by atoms with van der Waals surface area (Å²) < 4.78 is 33.0. The number of amides is 1. The van der Waals surface area contributed by atoms with E-state index >= 15 is 0 Å². The first-order valence-electron chi connectivity index (χ1n) is 10.1. The molecule has 30 heavy (non-hydrogen) atoms. The largest absolute Gasteiger partial charge is 0.450 e. The average molecular weight is 427 g/mol. The lowest BCUT2D eigenvalue weighted by molar-refractivity contribution is 0.0667. The van der Waals surface area contributed by atoms with E-state index in [4.69, 9.17) is 4.42 Å². The highest BCUT2D eigenvalue weighted by atomic mass is 32.2. The zero-order chi connectivity index (χ0) is 21.5. The molecule has 0 bridgehead atoms. The van der Waals surface area contributed by atoms with Crippen molar-refractivity contribution in [2.24, 2.45) is 0 Å². The van der Waals surface area contributed by atoms with E-state index in [0.29, 0.717) is 18.8 Å². The van der Waals surface area contributed by atoms with Crippen molar-refractivity contribution in [3.63, 3.8) is 0 Å². The van der Waals surface area contributed by atoms with Crippen LogP contribution in [0.25, 0.3) is 11.0 Å². The van der Waals surface area contributed by atoms with Gasteiger partial charge < -0.3 is 9.32 Å². The van der Waals surface area contributed by atoms with Crippen LogP contribution in [0, 0.1) is 20.8 Å². The van der Waals surface area contributed by atoms with E-state index in [2.05, 4.69) is 0 Å². The zero-order valence-corrected chi connectivity index (χ0v) is 18.3. The SMILES string of the molecule is Cc1ccc(C)c2c(C)c(C(=O)N3CCN(S(=O)(=O)Cc4ccccc4)CC3)oc12. The Bertz CT molecular complexity index is 1190. The van der Waals surface area contributed by atoms with Gasteiger partial charge in [-0.1, -0.05) is 42.5 Å². The average Bonchev–Trinajstić information content (AvgIpc) is 3.09. The van der Waals surface area contributed by atoms with Crippen molar-refractivity contribution in [2.75, 3.05) is 26.2 Å². The highest BCUT2D eigenvalue weighted by molar-refractivity contribution is 7.88. The second-order valence-corrected chi connectivity index (χ2v) is 9.86. The zero-order valence-electron chi connectivity index (χ0n) is 17.5. The molecule has 3 aromatic rings. The molecule has 1 aliphatic heterocycles. The van der Waals surface area contributed by atoms with Gasteiger partial charge in [-0.05, 0) is 37.5 Å². The molecule has 4 rings (SSSR count). The molecule has 0 radical (unpaired) electrons. The third-order valence-corrected chi connectivity index (χ3v) is 7.64. The van der Waals surface area contributed by atoms with Crippen LogP contribution in [0.5, 0.6) is 0 Å². The number of rotatable bonds is 4. The van der Waals surface area contributed by atoms with E-state index in [-0.39, 0.29) is 24.7 Å². The van der Waals surface area contributed by atoms with Crippen molar-refractivity contribution >= 4 is 26.9 Å². The lowest BCUT2D eigenvalue weighted by Gasteiger charge is -2.33. The number of carbonyl (C=O) groups excluding carboxylic acids is 1. The van der Waals surface area contributed by atoms with Crippen LogP contribution in [-0.4, -0.2) is 49.7 Å². The third kappa shape index (κ3) is 3.75. The summed E-state index contributed by atoms with van der Waals surface area (Å²) in [6.07, 6.45) is 0. The Balaban J connectivity index is 1.49. The molecule has 158 valence electrons. The standard InChI is InChI=1S/C23H26N2O4S/c1-16-9-10-17(2)21-20(16)18(3)22(29-21)23(26)24-11-13-25(14-12-24)30(27,28)15-19-7-5-4-6-8-19/h4-10H,11-15H2,1-3H3. The molecular weight excluding hydrogens is 400 g/mol. The summed E-state index contributed by atoms with van der Waals surface area (Å²) in [5.41, 5.74) is 4.43. The fourth-order valence-corrected chi connectivity index (χ4v) is 5.58. The van der Waals surface area contributed by atoms with E-state index in [9.17, 15) is 13.2 Å². The number of sulfonamides is 1. The van der Waals surface area contributed by atoms with Crippen molar-refractivity contribution in [1.29, 1.82) is 0 Å². The van der Waals surface area contributed by atoms with Crippen LogP contribution in [0.1, 0.15) is 32.8 Å². The maximum Gasteiger partial charge on any atom is 0.289 e. The van der Waals surface area contributed by atoms with Gasteiger partial charge in [-0.15, -0.1) is 0 Å². The number of piperazine rings is 1. The first kappa shape index (κ1) is 20.6. The molecule has 1 aliphatic rings. The molecule has 1 fully saturated rings. The molecule has 0 N–H and O–H groups in total. The molecule has 0 spiro atoms. The van der Waals surface area contributed by atoms with Gasteiger partial charge in [-0.2, -0.15) is 4.31 Å². The Morgan fingerprint density at radius 1 is 0.933 bits per heavy atom. The van der Waals surface area contributed by atoms with Gasteiger partial charge in [0.15, 0.2) is 5.76 Å². The highest BCUT2D eigenvalue weighted by Crippen LogP contribution is 2.31. The topological polar surface area (TPSA) is 70.8 Å². The number of furan rings is 1. The molecule has 7 heteroatoms. The first-order valence-corrected chi connectivity index (χ1v) is 11.7. The maximum absolute atomic E-state index is 13.1. The van der Waals surface area contributed by atoms with Crippen molar-refractivity contribution in [1.82, 2.24) is 9.21 Å². The summed E-state index contributed by atoms with van der Waals surface area (Å²) in [5.74, 6) is 0.147. The first-order chi connectivity index (χ1) is 14.3. The minimum absolute atomic E-state index is 0.0248. The summed E-state index contributed by atoms with van der Waals surface area (Å²) in [6, 6.07) is 13.2. The molecule has 2 aromatic carbocycles. The number of carbonyl (C=O) groups is 1. The summed E-state index contributed by atoms with van der Waals surface area (Å²) in [5, 5.41) is 0.988. The number of nitrogens with zero attached hydrogens (tertiary/aromatic N) is 2. The van der Waals surface area contributed by atoms with Crippen LogP contribution in [-0.2, 0) is 15.8 Å². The number of hydrogen-bond acceptors (Lipinski definition) is 4. The lowest BCUT2D eigenvalue weighted by Crippen LogP contribution is -2.50. The van der Waals surface area contributed by atoms with Crippen LogP contribution >= 0.6 is 0 Å². The molecule has 0 atom stereocenters. The monoisotopic (exact) mass is 426 g/mol. The second-order valence-electron chi connectivity index (χ2n) is 7.89. The minimum atomic E-state index is -3.42. The van der Waals surface area contributed by atoms with E-state index < -0.39 is 10.0 Å². The molecule has 1 aromatic heterocycles. The molecule has 0 unspecified atom stereocenters. The number of aryl methyl sites for hydroxylation is 3. The Morgan fingerprint density at radius 2 is 1.57 bits per heavy atom. The molecule has 1 amide bonds. The fourth-order valence-electron chi connectivity index (χ4n) is 4.07. The van der Waals surface area contributed by atoms with Crippen LogP contribution in [0.4, 0.5) is 0 Å². The fraction of sp³-hybridized carbons (Fsp3) is 0.348. The Morgan fingerprint density at radius 3 is 2.20 bits per heavy atom. The molecular formula is C23H26N2O4S. The highest BCUT2D eigenvalue weighted by Gasteiger charge is 2.31. The summed E-state index contributed by atoms with van der Waals surface area (Å²) in [7, 11) is -3.42. The van der Waals surface area contributed by atoms with Crippen LogP contribution in [0.15, 0.2) is 46.9 Å². The van der Waals surface area contributed by atoms with E-state index in [0.717, 1.165) is 33.2 Å². The van der Waals surface area contributed by atoms with Gasteiger partial charge in [0.05, 0.1) is 5.75 Å². The molecule has 1 saturated heterocycles. The summed E-state index contributed by atoms with van der Waals surface area (Å²) in [6.45, 7) is 7.16. The predicted molar refractivity (Wildman–Crippen MR) is 117 cm³/mol. The van der Waals surface area contributed by atoms with Gasteiger partial charge >= 0.3 is 0 Å². The molecule has 6 nitrogen and oxygen atoms in total. The van der Waals surface area contributed by atoms with Crippen molar-refractivity contribution < 1.29 is 17.6 Å². The number of hydrogen-bond donors (Lipinski definition) is 0. The van der Waals surface area contributed by atoms with E-state index in [1.165, 1.54) is 4.31 Å². The quantitative estimate of drug-likeness (QED) is 0.639. The van der Waals surface area contributed by atoms with Gasteiger partial charge in [0, 0.05) is 37.1 Å². The molecule has 2 heterocycles. The number of fused-ring (bicyclic) bond motifs is 1. The molecule has 0 aliphatic carbocycles. The van der Waals surface area contributed by atoms with E-state index in [1.807, 2.05) is 63.2 Å².